The van der Waals surface area contributed by atoms with Gasteiger partial charge in [0.2, 0.25) is 10.0 Å². The Morgan fingerprint density at radius 3 is 2.46 bits per heavy atom. The predicted octanol–water partition coefficient (Wildman–Crippen LogP) is 2.82. The molecule has 0 N–H and O–H groups in total. The van der Waals surface area contributed by atoms with Gasteiger partial charge in [-0.3, -0.25) is 0 Å². The Bertz CT molecular complexity index is 829. The zero-order valence-electron chi connectivity index (χ0n) is 14.8. The third-order valence-electron chi connectivity index (χ3n) is 4.25. The van der Waals surface area contributed by atoms with E-state index in [9.17, 15) is 8.42 Å². The first-order valence-electron chi connectivity index (χ1n) is 8.55. The van der Waals surface area contributed by atoms with Crippen molar-refractivity contribution >= 4 is 27.9 Å². The second-order valence-electron chi connectivity index (χ2n) is 6.16. The number of pyridine rings is 1. The van der Waals surface area contributed by atoms with E-state index in [1.54, 1.807) is 28.2 Å². The van der Waals surface area contributed by atoms with Crippen molar-refractivity contribution in [3.63, 3.8) is 0 Å². The molecule has 26 heavy (non-hydrogen) atoms. The van der Waals surface area contributed by atoms with E-state index in [2.05, 4.69) is 34.2 Å². The maximum Gasteiger partial charge on any atom is 0.244 e. The van der Waals surface area contributed by atoms with E-state index in [-0.39, 0.29) is 4.90 Å². The lowest BCUT2D eigenvalue weighted by atomic mass is 10.2. The number of hydrogen-bond acceptors (Lipinski definition) is 5. The molecule has 0 amide bonds. The van der Waals surface area contributed by atoms with E-state index >= 15 is 0 Å². The summed E-state index contributed by atoms with van der Waals surface area (Å²) in [6, 6.07) is 13.6. The quantitative estimate of drug-likeness (QED) is 0.711. The Morgan fingerprint density at radius 2 is 1.81 bits per heavy atom. The Labute approximate surface area is 159 Å². The summed E-state index contributed by atoms with van der Waals surface area (Å²) in [6.07, 6.45) is 5.62. The number of thioether (sulfide) groups is 1. The second kappa shape index (κ2) is 8.81. The fourth-order valence-corrected chi connectivity index (χ4v) is 4.69. The van der Waals surface area contributed by atoms with E-state index in [4.69, 9.17) is 0 Å². The minimum atomic E-state index is -3.44. The number of rotatable bonds is 6. The standard InChI is InChI=1S/C19H23N3O2S2/c1-21-11-13-22(14-12-21)26(23,24)18-9-10-19(20-16-18)25-15-5-8-17-6-3-2-4-7-17/h2-10,16H,11-15H2,1H3/b8-5+. The molecule has 0 atom stereocenters. The molecule has 1 aliphatic heterocycles. The molecular formula is C19H23N3O2S2. The van der Waals surface area contributed by atoms with Crippen LogP contribution >= 0.6 is 11.8 Å². The van der Waals surface area contributed by atoms with Gasteiger partial charge in [0.25, 0.3) is 0 Å². The molecule has 138 valence electrons. The van der Waals surface area contributed by atoms with Crippen LogP contribution in [0.1, 0.15) is 5.56 Å². The summed E-state index contributed by atoms with van der Waals surface area (Å²) in [4.78, 5) is 6.71. The smallest absolute Gasteiger partial charge is 0.244 e. The number of benzene rings is 1. The molecule has 0 spiro atoms. The molecule has 0 unspecified atom stereocenters. The zero-order valence-corrected chi connectivity index (χ0v) is 16.4. The average Bonchev–Trinajstić information content (AvgIpc) is 2.67. The molecule has 1 aromatic heterocycles. The highest BCUT2D eigenvalue weighted by atomic mass is 32.2. The van der Waals surface area contributed by atoms with Gasteiger partial charge in [0.1, 0.15) is 4.90 Å². The largest absolute Gasteiger partial charge is 0.304 e. The van der Waals surface area contributed by atoms with Crippen LogP contribution in [-0.2, 0) is 10.0 Å². The summed E-state index contributed by atoms with van der Waals surface area (Å²) in [5.74, 6) is 0.784. The van der Waals surface area contributed by atoms with Crippen LogP contribution in [0.15, 0.2) is 64.7 Å². The Kier molecular flexibility index (Phi) is 6.48. The molecule has 2 aromatic rings. The Hall–Kier alpha value is -1.67. The topological polar surface area (TPSA) is 53.5 Å². The van der Waals surface area contributed by atoms with E-state index in [1.807, 2.05) is 25.2 Å². The molecule has 2 heterocycles. The lowest BCUT2D eigenvalue weighted by molar-refractivity contribution is 0.222. The maximum atomic E-state index is 12.7. The Morgan fingerprint density at radius 1 is 1.08 bits per heavy atom. The number of hydrogen-bond donors (Lipinski definition) is 0. The number of nitrogens with zero attached hydrogens (tertiary/aromatic N) is 3. The summed E-state index contributed by atoms with van der Waals surface area (Å²) in [6.45, 7) is 2.57. The van der Waals surface area contributed by atoms with Gasteiger partial charge in [0.05, 0.1) is 5.03 Å². The number of likely N-dealkylation sites (N-methyl/N-ethyl adjacent to an activating group) is 1. The van der Waals surface area contributed by atoms with Crippen molar-refractivity contribution in [2.45, 2.75) is 9.92 Å². The molecule has 1 fully saturated rings. The number of aromatic nitrogens is 1. The lowest BCUT2D eigenvalue weighted by Crippen LogP contribution is -2.47. The van der Waals surface area contributed by atoms with Crippen LogP contribution in [0, 0.1) is 0 Å². The second-order valence-corrected chi connectivity index (χ2v) is 9.14. The van der Waals surface area contributed by atoms with Gasteiger partial charge in [-0.25, -0.2) is 13.4 Å². The third-order valence-corrected chi connectivity index (χ3v) is 7.03. The van der Waals surface area contributed by atoms with Crippen LogP contribution in [0.5, 0.6) is 0 Å². The third kappa shape index (κ3) is 4.94. The molecule has 5 nitrogen and oxygen atoms in total. The molecule has 3 rings (SSSR count). The fraction of sp³-hybridized carbons (Fsp3) is 0.316. The van der Waals surface area contributed by atoms with Crippen molar-refractivity contribution in [1.29, 1.82) is 0 Å². The van der Waals surface area contributed by atoms with Crippen LogP contribution in [0.4, 0.5) is 0 Å². The molecule has 1 aromatic carbocycles. The van der Waals surface area contributed by atoms with Crippen molar-refractivity contribution in [2.24, 2.45) is 0 Å². The zero-order chi connectivity index (χ0) is 18.4. The molecular weight excluding hydrogens is 366 g/mol. The first-order valence-corrected chi connectivity index (χ1v) is 11.0. The molecule has 1 aliphatic rings. The van der Waals surface area contributed by atoms with Crippen molar-refractivity contribution < 1.29 is 8.42 Å². The van der Waals surface area contributed by atoms with Crippen LogP contribution in [0.25, 0.3) is 6.08 Å². The molecule has 0 bridgehead atoms. The van der Waals surface area contributed by atoms with Gasteiger partial charge in [-0.1, -0.05) is 42.5 Å². The fourth-order valence-electron chi connectivity index (χ4n) is 2.66. The highest BCUT2D eigenvalue weighted by Gasteiger charge is 2.27. The van der Waals surface area contributed by atoms with Crippen LogP contribution in [-0.4, -0.2) is 61.6 Å². The monoisotopic (exact) mass is 389 g/mol. The van der Waals surface area contributed by atoms with Gasteiger partial charge in [0, 0.05) is 38.1 Å². The van der Waals surface area contributed by atoms with Gasteiger partial charge < -0.3 is 4.90 Å². The SMILES string of the molecule is CN1CCN(S(=O)(=O)c2ccc(SC/C=C/c3ccccc3)nc2)CC1. The normalized spacial score (nSPS) is 17.0. The first kappa shape index (κ1) is 19.1. The maximum absolute atomic E-state index is 12.7. The first-order chi connectivity index (χ1) is 12.6. The van der Waals surface area contributed by atoms with Gasteiger partial charge in [-0.15, -0.1) is 11.8 Å². The van der Waals surface area contributed by atoms with Gasteiger partial charge >= 0.3 is 0 Å². The van der Waals surface area contributed by atoms with Crippen LogP contribution in [0.2, 0.25) is 0 Å². The van der Waals surface area contributed by atoms with Crippen molar-refractivity contribution in [2.75, 3.05) is 39.0 Å². The molecule has 0 aliphatic carbocycles. The van der Waals surface area contributed by atoms with Crippen molar-refractivity contribution in [1.82, 2.24) is 14.2 Å². The molecule has 0 radical (unpaired) electrons. The average molecular weight is 390 g/mol. The van der Waals surface area contributed by atoms with Gasteiger partial charge in [0.15, 0.2) is 0 Å². The van der Waals surface area contributed by atoms with E-state index < -0.39 is 10.0 Å². The van der Waals surface area contributed by atoms with E-state index in [1.165, 1.54) is 6.20 Å². The summed E-state index contributed by atoms with van der Waals surface area (Å²) in [5, 5.41) is 0.819. The highest BCUT2D eigenvalue weighted by Crippen LogP contribution is 2.21. The molecule has 1 saturated heterocycles. The van der Waals surface area contributed by atoms with E-state index in [0.29, 0.717) is 13.1 Å². The summed E-state index contributed by atoms with van der Waals surface area (Å²) < 4.78 is 26.9. The summed E-state index contributed by atoms with van der Waals surface area (Å²) in [7, 11) is -1.44. The summed E-state index contributed by atoms with van der Waals surface area (Å²) >= 11 is 1.58. The van der Waals surface area contributed by atoms with Crippen molar-refractivity contribution in [3.8, 4) is 0 Å². The van der Waals surface area contributed by atoms with Crippen LogP contribution in [0.3, 0.4) is 0 Å². The number of sulfonamides is 1. The highest BCUT2D eigenvalue weighted by molar-refractivity contribution is 7.99. The molecule has 7 heteroatoms. The summed E-state index contributed by atoms with van der Waals surface area (Å²) in [5.41, 5.74) is 1.16. The minimum absolute atomic E-state index is 0.270. The van der Waals surface area contributed by atoms with Crippen molar-refractivity contribution in [3.05, 3.63) is 60.3 Å². The lowest BCUT2D eigenvalue weighted by Gasteiger charge is -2.31. The number of piperazine rings is 1. The van der Waals surface area contributed by atoms with Crippen LogP contribution < -0.4 is 0 Å². The van der Waals surface area contributed by atoms with Gasteiger partial charge in [-0.05, 0) is 24.7 Å². The van der Waals surface area contributed by atoms with E-state index in [0.717, 1.165) is 29.4 Å². The predicted molar refractivity (Wildman–Crippen MR) is 107 cm³/mol. The molecule has 0 saturated carbocycles. The minimum Gasteiger partial charge on any atom is -0.304 e. The Balaban J connectivity index is 1.57. The van der Waals surface area contributed by atoms with Gasteiger partial charge in [-0.2, -0.15) is 4.31 Å².